The van der Waals surface area contributed by atoms with Crippen LogP contribution in [0, 0.1) is 0 Å². The standard InChI is InChI=1S/C31H28ClNO4/c1-37-29-18-17-25(32)20-28(29)30(34)33(19-7-10-22-8-3-2-4-9-22)21-23-13-15-24(16-14-23)26-11-5-6-12-27(26)31(35)36/h2-6,8-9,11-18,20H,7,10,19,21H2,1H3,(H,35,36). The van der Waals surface area contributed by atoms with E-state index in [1.54, 1.807) is 41.3 Å². The van der Waals surface area contributed by atoms with Gasteiger partial charge in [-0.3, -0.25) is 4.79 Å². The van der Waals surface area contributed by atoms with E-state index in [0.717, 1.165) is 24.0 Å². The maximum atomic E-state index is 13.7. The van der Waals surface area contributed by atoms with Crippen LogP contribution in [-0.4, -0.2) is 35.5 Å². The molecule has 0 aromatic heterocycles. The number of halogens is 1. The Morgan fingerprint density at radius 2 is 1.54 bits per heavy atom. The molecule has 1 amide bonds. The summed E-state index contributed by atoms with van der Waals surface area (Å²) >= 11 is 6.21. The topological polar surface area (TPSA) is 66.8 Å². The fourth-order valence-corrected chi connectivity index (χ4v) is 4.49. The molecule has 0 fully saturated rings. The Morgan fingerprint density at radius 3 is 2.24 bits per heavy atom. The number of hydrogen-bond donors (Lipinski definition) is 1. The predicted octanol–water partition coefficient (Wildman–Crippen LogP) is 6.99. The largest absolute Gasteiger partial charge is 0.496 e. The molecule has 0 atom stereocenters. The molecule has 6 heteroatoms. The molecule has 4 aromatic rings. The smallest absolute Gasteiger partial charge is 0.336 e. The molecule has 0 radical (unpaired) electrons. The van der Waals surface area contributed by atoms with E-state index in [1.807, 2.05) is 48.5 Å². The lowest BCUT2D eigenvalue weighted by Gasteiger charge is -2.24. The van der Waals surface area contributed by atoms with Gasteiger partial charge in [0.15, 0.2) is 0 Å². The minimum absolute atomic E-state index is 0.160. The Kier molecular flexibility index (Phi) is 8.60. The summed E-state index contributed by atoms with van der Waals surface area (Å²) in [6.07, 6.45) is 1.64. The summed E-state index contributed by atoms with van der Waals surface area (Å²) in [4.78, 5) is 27.1. The number of aromatic carboxylic acids is 1. The maximum Gasteiger partial charge on any atom is 0.336 e. The van der Waals surface area contributed by atoms with E-state index < -0.39 is 5.97 Å². The van der Waals surface area contributed by atoms with E-state index in [-0.39, 0.29) is 11.5 Å². The summed E-state index contributed by atoms with van der Waals surface area (Å²) in [5.74, 6) is -0.652. The lowest BCUT2D eigenvalue weighted by Crippen LogP contribution is -2.32. The number of rotatable bonds is 10. The van der Waals surface area contributed by atoms with Crippen molar-refractivity contribution in [2.24, 2.45) is 0 Å². The van der Waals surface area contributed by atoms with E-state index in [1.165, 1.54) is 12.7 Å². The van der Waals surface area contributed by atoms with Crippen LogP contribution in [-0.2, 0) is 13.0 Å². The quantitative estimate of drug-likeness (QED) is 0.248. The van der Waals surface area contributed by atoms with Gasteiger partial charge >= 0.3 is 5.97 Å². The van der Waals surface area contributed by atoms with Gasteiger partial charge in [-0.15, -0.1) is 0 Å². The highest BCUT2D eigenvalue weighted by Gasteiger charge is 2.21. The minimum atomic E-state index is -0.967. The molecule has 0 aliphatic carbocycles. The third kappa shape index (κ3) is 6.57. The number of nitrogens with zero attached hydrogens (tertiary/aromatic N) is 1. The molecule has 4 aromatic carbocycles. The summed E-state index contributed by atoms with van der Waals surface area (Å²) in [5, 5.41) is 10.0. The molecular weight excluding hydrogens is 486 g/mol. The first-order chi connectivity index (χ1) is 18.0. The summed E-state index contributed by atoms with van der Waals surface area (Å²) < 4.78 is 5.44. The van der Waals surface area contributed by atoms with Crippen LogP contribution in [0.5, 0.6) is 5.75 Å². The van der Waals surface area contributed by atoms with E-state index >= 15 is 0 Å². The second-order valence-corrected chi connectivity index (χ2v) is 9.14. The van der Waals surface area contributed by atoms with E-state index in [9.17, 15) is 14.7 Å². The molecule has 188 valence electrons. The molecule has 0 aliphatic heterocycles. The number of carboxylic acid groups (broad SMARTS) is 1. The van der Waals surface area contributed by atoms with Crippen LogP contribution < -0.4 is 4.74 Å². The zero-order valence-corrected chi connectivity index (χ0v) is 21.3. The zero-order chi connectivity index (χ0) is 26.2. The molecule has 0 heterocycles. The van der Waals surface area contributed by atoms with Gasteiger partial charge in [0.2, 0.25) is 0 Å². The minimum Gasteiger partial charge on any atom is -0.496 e. The number of carbonyl (C=O) groups excluding carboxylic acids is 1. The normalized spacial score (nSPS) is 10.6. The fourth-order valence-electron chi connectivity index (χ4n) is 4.32. The molecule has 0 aliphatic rings. The highest BCUT2D eigenvalue weighted by atomic mass is 35.5. The monoisotopic (exact) mass is 513 g/mol. The van der Waals surface area contributed by atoms with Crippen molar-refractivity contribution in [3.8, 4) is 16.9 Å². The lowest BCUT2D eigenvalue weighted by molar-refractivity contribution is 0.0695. The Labute approximate surface area is 221 Å². The average Bonchev–Trinajstić information content (AvgIpc) is 2.93. The van der Waals surface area contributed by atoms with Crippen LogP contribution in [0.4, 0.5) is 0 Å². The number of methoxy groups -OCH3 is 1. The van der Waals surface area contributed by atoms with Crippen molar-refractivity contribution >= 4 is 23.5 Å². The highest BCUT2D eigenvalue weighted by Crippen LogP contribution is 2.27. The van der Waals surface area contributed by atoms with Gasteiger partial charge in [-0.05, 0) is 59.4 Å². The van der Waals surface area contributed by atoms with Crippen LogP contribution >= 0.6 is 11.6 Å². The number of amides is 1. The van der Waals surface area contributed by atoms with Crippen molar-refractivity contribution < 1.29 is 19.4 Å². The Balaban J connectivity index is 1.57. The van der Waals surface area contributed by atoms with Crippen molar-refractivity contribution in [1.82, 2.24) is 4.90 Å². The zero-order valence-electron chi connectivity index (χ0n) is 20.6. The first-order valence-electron chi connectivity index (χ1n) is 12.0. The molecule has 5 nitrogen and oxygen atoms in total. The van der Waals surface area contributed by atoms with Crippen molar-refractivity contribution in [3.05, 3.63) is 124 Å². The number of hydrogen-bond acceptors (Lipinski definition) is 3. The van der Waals surface area contributed by atoms with Gasteiger partial charge in [0.05, 0.1) is 18.2 Å². The van der Waals surface area contributed by atoms with Crippen LogP contribution in [0.3, 0.4) is 0 Å². The first kappa shape index (κ1) is 26.0. The van der Waals surface area contributed by atoms with Crippen molar-refractivity contribution in [3.63, 3.8) is 0 Å². The highest BCUT2D eigenvalue weighted by molar-refractivity contribution is 6.31. The van der Waals surface area contributed by atoms with Gasteiger partial charge < -0.3 is 14.7 Å². The van der Waals surface area contributed by atoms with E-state index in [2.05, 4.69) is 12.1 Å². The Morgan fingerprint density at radius 1 is 0.838 bits per heavy atom. The molecule has 1 N–H and O–H groups in total. The first-order valence-corrected chi connectivity index (χ1v) is 12.4. The van der Waals surface area contributed by atoms with Crippen LogP contribution in [0.2, 0.25) is 5.02 Å². The number of carbonyl (C=O) groups is 2. The molecule has 0 spiro atoms. The Hall–Kier alpha value is -4.09. The molecule has 0 saturated carbocycles. The number of benzene rings is 4. The molecule has 0 saturated heterocycles. The van der Waals surface area contributed by atoms with E-state index in [4.69, 9.17) is 16.3 Å². The molecule has 4 rings (SSSR count). The Bertz CT molecular complexity index is 1370. The maximum absolute atomic E-state index is 13.7. The number of ether oxygens (including phenoxy) is 1. The average molecular weight is 514 g/mol. The van der Waals surface area contributed by atoms with Gasteiger partial charge in [-0.25, -0.2) is 4.79 Å². The molecular formula is C31H28ClNO4. The lowest BCUT2D eigenvalue weighted by atomic mass is 9.98. The summed E-state index contributed by atoms with van der Waals surface area (Å²) in [5.41, 5.74) is 4.28. The van der Waals surface area contributed by atoms with Crippen LogP contribution in [0.15, 0.2) is 97.1 Å². The second kappa shape index (κ2) is 12.2. The molecule has 0 unspecified atom stereocenters. The van der Waals surface area contributed by atoms with Gasteiger partial charge in [0, 0.05) is 18.1 Å². The van der Waals surface area contributed by atoms with E-state index in [0.29, 0.717) is 35.0 Å². The van der Waals surface area contributed by atoms with Crippen molar-refractivity contribution in [2.75, 3.05) is 13.7 Å². The van der Waals surface area contributed by atoms with Crippen LogP contribution in [0.1, 0.15) is 38.3 Å². The van der Waals surface area contributed by atoms with Crippen LogP contribution in [0.25, 0.3) is 11.1 Å². The predicted molar refractivity (Wildman–Crippen MR) is 146 cm³/mol. The third-order valence-electron chi connectivity index (χ3n) is 6.21. The number of aryl methyl sites for hydroxylation is 1. The summed E-state index contributed by atoms with van der Waals surface area (Å²) in [6.45, 7) is 0.942. The third-order valence-corrected chi connectivity index (χ3v) is 6.45. The van der Waals surface area contributed by atoms with Crippen molar-refractivity contribution in [2.45, 2.75) is 19.4 Å². The number of carboxylic acids is 1. The summed E-state index contributed by atoms with van der Waals surface area (Å²) in [6, 6.07) is 29.8. The second-order valence-electron chi connectivity index (χ2n) is 8.71. The SMILES string of the molecule is COc1ccc(Cl)cc1C(=O)N(CCCc1ccccc1)Cc1ccc(-c2ccccc2C(=O)O)cc1. The molecule has 37 heavy (non-hydrogen) atoms. The van der Waals surface area contributed by atoms with Gasteiger partial charge in [0.1, 0.15) is 5.75 Å². The van der Waals surface area contributed by atoms with Crippen molar-refractivity contribution in [1.29, 1.82) is 0 Å². The van der Waals surface area contributed by atoms with Gasteiger partial charge in [0.25, 0.3) is 5.91 Å². The fraction of sp³-hybridized carbons (Fsp3) is 0.161. The summed E-state index contributed by atoms with van der Waals surface area (Å²) in [7, 11) is 1.54. The van der Waals surface area contributed by atoms with Gasteiger partial charge in [-0.1, -0.05) is 84.4 Å². The molecule has 0 bridgehead atoms. The van der Waals surface area contributed by atoms with Gasteiger partial charge in [-0.2, -0.15) is 0 Å².